The van der Waals surface area contributed by atoms with E-state index in [9.17, 15) is 9.59 Å². The van der Waals surface area contributed by atoms with Crippen LogP contribution in [0.4, 0.5) is 0 Å². The summed E-state index contributed by atoms with van der Waals surface area (Å²) in [7, 11) is 5.85. The molecule has 9 aromatic rings. The predicted molar refractivity (Wildman–Crippen MR) is 280 cm³/mol. The number of carboxylic acid groups (broad SMARTS) is 1. The van der Waals surface area contributed by atoms with Gasteiger partial charge in [0.1, 0.15) is 11.4 Å². The number of carbonyl (C=O) groups excluding carboxylic acids is 1. The normalized spacial score (nSPS) is 10.9. The van der Waals surface area contributed by atoms with Gasteiger partial charge in [-0.25, -0.2) is 4.79 Å². The highest BCUT2D eigenvalue weighted by Gasteiger charge is 2.17. The Morgan fingerprint density at radius 1 is 0.739 bits per heavy atom. The molecule has 3 N–H and O–H groups in total. The third-order valence-electron chi connectivity index (χ3n) is 11.8. The summed E-state index contributed by atoms with van der Waals surface area (Å²) in [5.41, 5.74) is 22.7. The minimum atomic E-state index is -0.905. The van der Waals surface area contributed by atoms with Crippen molar-refractivity contribution >= 4 is 45.3 Å². The van der Waals surface area contributed by atoms with E-state index in [0.29, 0.717) is 29.7 Å². The molecule has 6 aromatic heterocycles. The van der Waals surface area contributed by atoms with Crippen molar-refractivity contribution in [1.82, 2.24) is 33.4 Å². The Hall–Kier alpha value is -8.25. The van der Waals surface area contributed by atoms with Crippen molar-refractivity contribution in [3.63, 3.8) is 0 Å². The zero-order chi connectivity index (χ0) is 50.3. The number of benzene rings is 3. The van der Waals surface area contributed by atoms with Gasteiger partial charge in [0.25, 0.3) is 5.91 Å². The Kier molecular flexibility index (Phi) is 15.7. The zero-order valence-corrected chi connectivity index (χ0v) is 41.5. The summed E-state index contributed by atoms with van der Waals surface area (Å²) in [6.07, 6.45) is 10.2. The van der Waals surface area contributed by atoms with Crippen LogP contribution in [-0.2, 0) is 27.7 Å². The Bertz CT molecular complexity index is 3360. The fourth-order valence-corrected chi connectivity index (χ4v) is 8.57. The first-order valence-corrected chi connectivity index (χ1v) is 22.5. The molecule has 1 amide bonds. The predicted octanol–water partition coefficient (Wildman–Crippen LogP) is 12.3. The maximum Gasteiger partial charge on any atom is 0.352 e. The molecule has 6 heterocycles. The number of carboxylic acids is 1. The summed E-state index contributed by atoms with van der Waals surface area (Å²) in [4.78, 5) is 26.9. The Morgan fingerprint density at radius 2 is 1.41 bits per heavy atom. The van der Waals surface area contributed by atoms with Gasteiger partial charge >= 0.3 is 5.97 Å². The number of amides is 1. The molecule has 0 aliphatic rings. The first kappa shape index (κ1) is 50.2. The van der Waals surface area contributed by atoms with E-state index in [1.54, 1.807) is 23.9 Å². The van der Waals surface area contributed by atoms with Crippen LogP contribution in [0, 0.1) is 41.5 Å². The van der Waals surface area contributed by atoms with Crippen molar-refractivity contribution in [1.29, 1.82) is 0 Å². The van der Waals surface area contributed by atoms with Gasteiger partial charge < -0.3 is 33.5 Å². The lowest BCUT2D eigenvalue weighted by atomic mass is 10.1. The number of rotatable bonds is 9. The molecule has 69 heavy (non-hydrogen) atoms. The van der Waals surface area contributed by atoms with Crippen LogP contribution in [0.25, 0.3) is 56.4 Å². The molecule has 0 aliphatic heterocycles. The molecule has 0 aliphatic carbocycles. The highest BCUT2D eigenvalue weighted by atomic mass is 16.4. The number of allylic oxidation sites excluding steroid dienone is 3. The maximum absolute atomic E-state index is 11.8. The molecule has 12 heteroatoms. The zero-order valence-electron chi connectivity index (χ0n) is 41.5. The van der Waals surface area contributed by atoms with Gasteiger partial charge in [-0.05, 0) is 156 Å². The lowest BCUT2D eigenvalue weighted by molar-refractivity contribution is 0.0686. The van der Waals surface area contributed by atoms with E-state index in [0.717, 1.165) is 55.7 Å². The number of aryl methyl sites for hydroxylation is 7. The Morgan fingerprint density at radius 3 is 1.97 bits per heavy atom. The number of aromatic nitrogens is 7. The largest absolute Gasteiger partial charge is 0.477 e. The topological polar surface area (TPSA) is 152 Å². The second kappa shape index (κ2) is 21.6. The van der Waals surface area contributed by atoms with Crippen molar-refractivity contribution < 1.29 is 19.1 Å². The molecular weight excluding hydrogens is 861 g/mol. The van der Waals surface area contributed by atoms with Crippen LogP contribution >= 0.6 is 0 Å². The summed E-state index contributed by atoms with van der Waals surface area (Å²) in [5, 5.41) is 19.4. The number of fused-ring (bicyclic) bond motifs is 2. The molecule has 3 aromatic carbocycles. The average molecular weight is 923 g/mol. The van der Waals surface area contributed by atoms with Crippen molar-refractivity contribution in [2.45, 2.75) is 61.9 Å². The van der Waals surface area contributed by atoms with Gasteiger partial charge in [-0.1, -0.05) is 60.7 Å². The minimum Gasteiger partial charge on any atom is -0.477 e. The van der Waals surface area contributed by atoms with Gasteiger partial charge in [-0.3, -0.25) is 9.78 Å². The lowest BCUT2D eigenvalue weighted by Crippen LogP contribution is -2.17. The van der Waals surface area contributed by atoms with Crippen LogP contribution < -0.4 is 5.73 Å². The first-order valence-electron chi connectivity index (χ1n) is 22.5. The molecule has 0 saturated carbocycles. The van der Waals surface area contributed by atoms with Crippen LogP contribution in [0.1, 0.15) is 85.3 Å². The third kappa shape index (κ3) is 11.7. The second-order valence-corrected chi connectivity index (χ2v) is 17.6. The van der Waals surface area contributed by atoms with Gasteiger partial charge in [-0.15, -0.1) is 10.2 Å². The first-order chi connectivity index (χ1) is 32.7. The Labute approximate surface area is 404 Å². The number of carbonyl (C=O) groups is 2. The number of hydrogen-bond donors (Lipinski definition) is 2. The van der Waals surface area contributed by atoms with Gasteiger partial charge in [0.15, 0.2) is 0 Å². The standard InChI is InChI=1S/C18H15N3O.C17H17N3O.C12H17N.C10H13NO2/c1-12-11-21(2)16-9-8-14(10-15(12)16)18-20-19-17(22-18)13-6-4-3-5-7-13;1-11-7-12(2)16-13(8-11)9-15(17(18)21)20(16)10-14-5-3-4-6-19-14;1-9(2)6-7-12-11(4)10(3)8-13(12)5;1-6(2)9-7(3)5-8(10(12)13)11(9)4/h3-11H,1-2H3;3-9H,10H2,1-2H3,(H2,18,21);6-8H,1H2,2-5H3;5H,1H2,2-4H3,(H,12,13)/b;;7-6-;. The summed E-state index contributed by atoms with van der Waals surface area (Å²) in [5.74, 6) is -0.234. The van der Waals surface area contributed by atoms with E-state index in [1.807, 2.05) is 99.0 Å². The van der Waals surface area contributed by atoms with Gasteiger partial charge in [0.05, 0.1) is 17.8 Å². The molecular formula is C57H62N8O4. The van der Waals surface area contributed by atoms with Crippen LogP contribution in [0.5, 0.6) is 0 Å². The molecule has 0 unspecified atom stereocenters. The van der Waals surface area contributed by atoms with E-state index in [2.05, 4.69) is 122 Å². The van der Waals surface area contributed by atoms with Crippen LogP contribution in [0.15, 0.2) is 139 Å². The lowest BCUT2D eigenvalue weighted by Gasteiger charge is -2.10. The second-order valence-electron chi connectivity index (χ2n) is 17.6. The monoisotopic (exact) mass is 922 g/mol. The van der Waals surface area contributed by atoms with E-state index < -0.39 is 11.9 Å². The fourth-order valence-electron chi connectivity index (χ4n) is 8.57. The summed E-state index contributed by atoms with van der Waals surface area (Å²) >= 11 is 0. The number of nitrogens with two attached hydrogens (primary N) is 1. The van der Waals surface area contributed by atoms with Gasteiger partial charge in [0.2, 0.25) is 11.8 Å². The minimum absolute atomic E-state index is 0.301. The number of nitrogens with zero attached hydrogens (tertiary/aromatic N) is 7. The third-order valence-corrected chi connectivity index (χ3v) is 11.8. The summed E-state index contributed by atoms with van der Waals surface area (Å²) in [6.45, 7) is 24.4. The SMILES string of the molecule is C=C(C)/C=C\c1c(C)c(C)cn1C.C=C(C)c1c(C)cc(C(=O)O)n1C.Cc1cc(C)c2c(c1)cc(C(N)=O)n2Cc1ccccn1.Cc1cn(C)c2ccc(-c3nnc(-c4ccccc4)o3)cc12. The van der Waals surface area contributed by atoms with E-state index >= 15 is 0 Å². The van der Waals surface area contributed by atoms with Crippen LogP contribution in [0.2, 0.25) is 0 Å². The van der Waals surface area contributed by atoms with Crippen molar-refractivity contribution in [3.8, 4) is 22.9 Å². The van der Waals surface area contributed by atoms with E-state index in [1.165, 1.54) is 38.9 Å². The average Bonchev–Trinajstić information content (AvgIpc) is 4.11. The van der Waals surface area contributed by atoms with Crippen molar-refractivity contribution in [2.24, 2.45) is 26.9 Å². The maximum atomic E-state index is 11.8. The highest BCUT2D eigenvalue weighted by Crippen LogP contribution is 2.29. The van der Waals surface area contributed by atoms with E-state index in [4.69, 9.17) is 15.3 Å². The fraction of sp³-hybridized carbons (Fsp3) is 0.211. The molecule has 0 radical (unpaired) electrons. The molecule has 0 spiro atoms. The van der Waals surface area contributed by atoms with Gasteiger partial charge in [-0.2, -0.15) is 0 Å². The molecule has 0 atom stereocenters. The Balaban J connectivity index is 0.000000156. The molecule has 354 valence electrons. The van der Waals surface area contributed by atoms with Gasteiger partial charge in [0, 0.05) is 78.5 Å². The number of hydrogen-bond acceptors (Lipinski definition) is 6. The smallest absolute Gasteiger partial charge is 0.352 e. The number of primary amides is 1. The summed E-state index contributed by atoms with van der Waals surface area (Å²) in [6, 6.07) is 29.5. The molecule has 0 saturated heterocycles. The number of pyridine rings is 1. The van der Waals surface area contributed by atoms with Crippen molar-refractivity contribution in [3.05, 3.63) is 196 Å². The quantitative estimate of drug-likeness (QED) is 0.137. The molecule has 9 rings (SSSR count). The molecule has 0 bridgehead atoms. The van der Waals surface area contributed by atoms with Crippen molar-refractivity contribution in [2.75, 3.05) is 0 Å². The van der Waals surface area contributed by atoms with E-state index in [-0.39, 0.29) is 0 Å². The summed E-state index contributed by atoms with van der Waals surface area (Å²) < 4.78 is 13.7. The van der Waals surface area contributed by atoms with Crippen LogP contribution in [-0.4, -0.2) is 50.4 Å². The molecule has 12 nitrogen and oxygen atoms in total. The highest BCUT2D eigenvalue weighted by molar-refractivity contribution is 5.99. The number of aromatic carboxylic acids is 1. The molecule has 0 fully saturated rings. The van der Waals surface area contributed by atoms with Crippen LogP contribution in [0.3, 0.4) is 0 Å².